The van der Waals surface area contributed by atoms with Crippen LogP contribution in [0, 0.1) is 0 Å². The molecule has 1 aromatic heterocycles. The van der Waals surface area contributed by atoms with E-state index >= 15 is 0 Å². The Morgan fingerprint density at radius 2 is 1.90 bits per heavy atom. The summed E-state index contributed by atoms with van der Waals surface area (Å²) in [6, 6.07) is 8.49. The van der Waals surface area contributed by atoms with E-state index in [0.29, 0.717) is 0 Å². The van der Waals surface area contributed by atoms with Crippen molar-refractivity contribution in [3.8, 4) is 0 Å². The molecule has 5 heteroatoms. The van der Waals surface area contributed by atoms with E-state index in [2.05, 4.69) is 58.7 Å². The van der Waals surface area contributed by atoms with Crippen molar-refractivity contribution >= 4 is 40.8 Å². The quantitative estimate of drug-likeness (QED) is 0.421. The maximum atomic E-state index is 4.57. The van der Waals surface area contributed by atoms with Crippen LogP contribution in [0.5, 0.6) is 0 Å². The Bertz CT molecular complexity index is 540. The monoisotopic (exact) mass is 386 g/mol. The Labute approximate surface area is 137 Å². The van der Waals surface area contributed by atoms with Gasteiger partial charge in [-0.15, -0.1) is 24.0 Å². The summed E-state index contributed by atoms with van der Waals surface area (Å²) >= 11 is 0. The van der Waals surface area contributed by atoms with E-state index < -0.39 is 0 Å². The number of hydrogen-bond acceptors (Lipinski definition) is 1. The van der Waals surface area contributed by atoms with Crippen molar-refractivity contribution in [2.24, 2.45) is 4.99 Å². The molecule has 3 N–H and O–H groups in total. The Balaban J connectivity index is 0.00000200. The van der Waals surface area contributed by atoms with Gasteiger partial charge in [0.1, 0.15) is 0 Å². The lowest BCUT2D eigenvalue weighted by atomic mass is 10.1. The van der Waals surface area contributed by atoms with Crippen LogP contribution in [0.15, 0.2) is 35.5 Å². The number of para-hydroxylation sites is 1. The van der Waals surface area contributed by atoms with E-state index in [4.69, 9.17) is 0 Å². The molecule has 0 saturated heterocycles. The highest BCUT2D eigenvalue weighted by Gasteiger charge is 2.01. The first kappa shape index (κ1) is 16.8. The number of aromatic nitrogens is 1. The summed E-state index contributed by atoms with van der Waals surface area (Å²) in [5.41, 5.74) is 2.55. The predicted octanol–water partition coefficient (Wildman–Crippen LogP) is 2.90. The number of hydrogen-bond donors (Lipinski definition) is 3. The van der Waals surface area contributed by atoms with Crippen molar-refractivity contribution in [3.05, 3.63) is 36.0 Å². The van der Waals surface area contributed by atoms with E-state index in [-0.39, 0.29) is 24.0 Å². The zero-order valence-electron chi connectivity index (χ0n) is 12.1. The second kappa shape index (κ2) is 8.84. The smallest absolute Gasteiger partial charge is 0.191 e. The average molecular weight is 386 g/mol. The molecular weight excluding hydrogens is 363 g/mol. The number of fused-ring (bicyclic) bond motifs is 1. The SMILES string of the molecule is CCNC(=NCCc1cccc2cc[nH]c12)NCC.I. The maximum absolute atomic E-state index is 4.57. The Hall–Kier alpha value is -1.24. The van der Waals surface area contributed by atoms with Gasteiger partial charge in [-0.2, -0.15) is 0 Å². The van der Waals surface area contributed by atoms with E-state index in [1.165, 1.54) is 16.5 Å². The maximum Gasteiger partial charge on any atom is 0.191 e. The predicted molar refractivity (Wildman–Crippen MR) is 97.1 cm³/mol. The van der Waals surface area contributed by atoms with Gasteiger partial charge in [0.25, 0.3) is 0 Å². The molecule has 2 rings (SSSR count). The number of aromatic amines is 1. The van der Waals surface area contributed by atoms with Gasteiger partial charge in [-0.25, -0.2) is 0 Å². The third-order valence-electron chi connectivity index (χ3n) is 3.01. The zero-order valence-corrected chi connectivity index (χ0v) is 14.4. The van der Waals surface area contributed by atoms with Crippen LogP contribution in [0.4, 0.5) is 0 Å². The molecule has 0 bridgehead atoms. The molecule has 0 aliphatic rings. The van der Waals surface area contributed by atoms with Crippen molar-refractivity contribution < 1.29 is 0 Å². The molecule has 20 heavy (non-hydrogen) atoms. The lowest BCUT2D eigenvalue weighted by Crippen LogP contribution is -2.37. The third-order valence-corrected chi connectivity index (χ3v) is 3.01. The largest absolute Gasteiger partial charge is 0.361 e. The summed E-state index contributed by atoms with van der Waals surface area (Å²) in [4.78, 5) is 7.87. The molecule has 0 aliphatic heterocycles. The van der Waals surface area contributed by atoms with E-state index in [1.54, 1.807) is 0 Å². The number of rotatable bonds is 5. The second-order valence-corrected chi connectivity index (χ2v) is 4.40. The topological polar surface area (TPSA) is 52.2 Å². The van der Waals surface area contributed by atoms with Gasteiger partial charge in [-0.3, -0.25) is 4.99 Å². The van der Waals surface area contributed by atoms with Gasteiger partial charge < -0.3 is 15.6 Å². The summed E-state index contributed by atoms with van der Waals surface area (Å²) in [7, 11) is 0. The van der Waals surface area contributed by atoms with E-state index in [9.17, 15) is 0 Å². The first-order chi connectivity index (χ1) is 9.35. The molecule has 0 spiro atoms. The number of benzene rings is 1. The first-order valence-electron chi connectivity index (χ1n) is 6.92. The lowest BCUT2D eigenvalue weighted by molar-refractivity contribution is 0.834. The van der Waals surface area contributed by atoms with E-state index in [1.807, 2.05) is 6.20 Å². The molecule has 2 aromatic rings. The van der Waals surface area contributed by atoms with Gasteiger partial charge in [-0.1, -0.05) is 18.2 Å². The van der Waals surface area contributed by atoms with Crippen LogP contribution in [0.25, 0.3) is 10.9 Å². The minimum Gasteiger partial charge on any atom is -0.361 e. The van der Waals surface area contributed by atoms with Crippen LogP contribution in [0.2, 0.25) is 0 Å². The zero-order chi connectivity index (χ0) is 13.5. The van der Waals surface area contributed by atoms with Crippen molar-refractivity contribution in [2.45, 2.75) is 20.3 Å². The highest BCUT2D eigenvalue weighted by Crippen LogP contribution is 2.17. The van der Waals surface area contributed by atoms with Crippen molar-refractivity contribution in [2.75, 3.05) is 19.6 Å². The summed E-state index contributed by atoms with van der Waals surface area (Å²) in [5.74, 6) is 0.892. The second-order valence-electron chi connectivity index (χ2n) is 4.40. The number of aliphatic imine (C=N–C) groups is 1. The molecule has 0 unspecified atom stereocenters. The van der Waals surface area contributed by atoms with Crippen molar-refractivity contribution in [3.63, 3.8) is 0 Å². The number of halogens is 1. The summed E-state index contributed by atoms with van der Waals surface area (Å²) in [5, 5.41) is 7.73. The van der Waals surface area contributed by atoms with Gasteiger partial charge in [0.2, 0.25) is 0 Å². The van der Waals surface area contributed by atoms with Crippen LogP contribution >= 0.6 is 24.0 Å². The summed E-state index contributed by atoms with van der Waals surface area (Å²) in [6.07, 6.45) is 2.93. The average Bonchev–Trinajstić information content (AvgIpc) is 2.88. The molecule has 0 aliphatic carbocycles. The lowest BCUT2D eigenvalue weighted by Gasteiger charge is -2.09. The van der Waals surface area contributed by atoms with Gasteiger partial charge in [0.05, 0.1) is 0 Å². The molecule has 0 radical (unpaired) electrons. The Morgan fingerprint density at radius 1 is 1.15 bits per heavy atom. The molecule has 1 heterocycles. The summed E-state index contributed by atoms with van der Waals surface area (Å²) in [6.45, 7) is 6.71. The molecule has 4 nitrogen and oxygen atoms in total. The number of H-pyrrole nitrogens is 1. The minimum atomic E-state index is 0. The standard InChI is InChI=1S/C15H22N4.HI/c1-3-16-15(17-4-2)19-11-9-13-7-5-6-12-8-10-18-14(12)13;/h5-8,10,18H,3-4,9,11H2,1-2H3,(H2,16,17,19);1H. The highest BCUT2D eigenvalue weighted by atomic mass is 127. The Morgan fingerprint density at radius 3 is 2.60 bits per heavy atom. The molecule has 0 amide bonds. The molecule has 0 saturated carbocycles. The number of nitrogens with one attached hydrogen (secondary N) is 3. The molecule has 0 atom stereocenters. The van der Waals surface area contributed by atoms with Crippen LogP contribution in [0.3, 0.4) is 0 Å². The molecule has 110 valence electrons. The summed E-state index contributed by atoms with van der Waals surface area (Å²) < 4.78 is 0. The van der Waals surface area contributed by atoms with Gasteiger partial charge in [-0.05, 0) is 37.3 Å². The fourth-order valence-corrected chi connectivity index (χ4v) is 2.16. The normalized spacial score (nSPS) is 9.90. The number of guanidine groups is 1. The highest BCUT2D eigenvalue weighted by molar-refractivity contribution is 14.0. The van der Waals surface area contributed by atoms with Gasteiger partial charge in [0.15, 0.2) is 5.96 Å². The molecule has 1 aromatic carbocycles. The fraction of sp³-hybridized carbons (Fsp3) is 0.400. The first-order valence-corrected chi connectivity index (χ1v) is 6.92. The molecular formula is C15H23IN4. The third kappa shape index (κ3) is 4.40. The number of nitrogens with zero attached hydrogens (tertiary/aromatic N) is 1. The van der Waals surface area contributed by atoms with E-state index in [0.717, 1.165) is 32.0 Å². The van der Waals surface area contributed by atoms with Gasteiger partial charge >= 0.3 is 0 Å². The van der Waals surface area contributed by atoms with Crippen LogP contribution in [-0.2, 0) is 6.42 Å². The molecule has 0 fully saturated rings. The minimum absolute atomic E-state index is 0. The van der Waals surface area contributed by atoms with Crippen LogP contribution < -0.4 is 10.6 Å². The van der Waals surface area contributed by atoms with Crippen LogP contribution in [-0.4, -0.2) is 30.6 Å². The fourth-order valence-electron chi connectivity index (χ4n) is 2.16. The van der Waals surface area contributed by atoms with Crippen molar-refractivity contribution in [1.29, 1.82) is 0 Å². The Kier molecular flexibility index (Phi) is 7.43. The van der Waals surface area contributed by atoms with Gasteiger partial charge in [0, 0.05) is 31.3 Å². The van der Waals surface area contributed by atoms with Crippen LogP contribution in [0.1, 0.15) is 19.4 Å². The van der Waals surface area contributed by atoms with Crippen molar-refractivity contribution in [1.82, 2.24) is 15.6 Å².